The standard InChI is InChI=1S/C28H31BrN4O5/c1-36-24-9-5-8-20(26(24)38-18-25(34)32-12-14-37-15-13-32)17-30-33-27(19-6-3-2-4-7-19)31-23-11-10-21(29)16-22(23)28(33)35/h5,8-11,16-17,19H,2-4,6-7,12-15,18H2,1H3. The quantitative estimate of drug-likeness (QED) is 0.385. The number of carbonyl (C=O) groups excluding carboxylic acids is 1. The number of hydrogen-bond acceptors (Lipinski definition) is 7. The molecule has 0 atom stereocenters. The molecular formula is C28H31BrN4O5. The second-order valence-electron chi connectivity index (χ2n) is 9.49. The first kappa shape index (κ1) is 26.4. The van der Waals surface area contributed by atoms with Gasteiger partial charge in [0.2, 0.25) is 0 Å². The van der Waals surface area contributed by atoms with E-state index in [1.54, 1.807) is 30.4 Å². The molecule has 3 aromatic rings. The summed E-state index contributed by atoms with van der Waals surface area (Å²) >= 11 is 3.46. The molecule has 38 heavy (non-hydrogen) atoms. The third-order valence-electron chi connectivity index (χ3n) is 7.05. The van der Waals surface area contributed by atoms with Crippen molar-refractivity contribution in [2.75, 3.05) is 40.0 Å². The maximum Gasteiger partial charge on any atom is 0.282 e. The zero-order chi connectivity index (χ0) is 26.5. The molecule has 2 aliphatic rings. The summed E-state index contributed by atoms with van der Waals surface area (Å²) in [5.74, 6) is 1.58. The van der Waals surface area contributed by atoms with E-state index in [4.69, 9.17) is 19.2 Å². The van der Waals surface area contributed by atoms with Crippen molar-refractivity contribution in [1.82, 2.24) is 14.6 Å². The third kappa shape index (κ3) is 5.76. The first-order valence-electron chi connectivity index (χ1n) is 13.0. The molecule has 0 spiro atoms. The number of benzene rings is 2. The first-order valence-corrected chi connectivity index (χ1v) is 13.8. The highest BCUT2D eigenvalue weighted by Gasteiger charge is 2.23. The van der Waals surface area contributed by atoms with E-state index in [0.29, 0.717) is 60.1 Å². The van der Waals surface area contributed by atoms with E-state index in [1.807, 2.05) is 24.3 Å². The van der Waals surface area contributed by atoms with Crippen LogP contribution in [0.5, 0.6) is 11.5 Å². The lowest BCUT2D eigenvalue weighted by molar-refractivity contribution is -0.137. The van der Waals surface area contributed by atoms with Crippen LogP contribution in [0, 0.1) is 0 Å². The summed E-state index contributed by atoms with van der Waals surface area (Å²) in [6.45, 7) is 1.99. The van der Waals surface area contributed by atoms with Crippen LogP contribution >= 0.6 is 15.9 Å². The predicted molar refractivity (Wildman–Crippen MR) is 148 cm³/mol. The molecule has 1 aromatic heterocycles. The maximum atomic E-state index is 13.6. The van der Waals surface area contributed by atoms with Crippen molar-refractivity contribution in [2.24, 2.45) is 5.10 Å². The molecule has 1 saturated carbocycles. The number of methoxy groups -OCH3 is 1. The molecule has 9 nitrogen and oxygen atoms in total. The van der Waals surface area contributed by atoms with Gasteiger partial charge in [0.05, 0.1) is 37.4 Å². The minimum Gasteiger partial charge on any atom is -0.493 e. The van der Waals surface area contributed by atoms with E-state index in [9.17, 15) is 9.59 Å². The summed E-state index contributed by atoms with van der Waals surface area (Å²) < 4.78 is 19.0. The van der Waals surface area contributed by atoms with Gasteiger partial charge in [0.15, 0.2) is 18.1 Å². The lowest BCUT2D eigenvalue weighted by Crippen LogP contribution is -2.43. The third-order valence-corrected chi connectivity index (χ3v) is 7.54. The average Bonchev–Trinajstić information content (AvgIpc) is 2.96. The zero-order valence-electron chi connectivity index (χ0n) is 21.4. The minimum absolute atomic E-state index is 0.123. The SMILES string of the molecule is COc1cccc(C=Nn2c(C3CCCCC3)nc3ccc(Br)cc3c2=O)c1OCC(=O)N1CCOCC1. The number of hydrogen-bond donors (Lipinski definition) is 0. The van der Waals surface area contributed by atoms with Gasteiger partial charge < -0.3 is 19.1 Å². The highest BCUT2D eigenvalue weighted by molar-refractivity contribution is 9.10. The van der Waals surface area contributed by atoms with Gasteiger partial charge in [-0.05, 0) is 43.2 Å². The van der Waals surface area contributed by atoms with Crippen molar-refractivity contribution in [2.45, 2.75) is 38.0 Å². The Kier molecular flexibility index (Phi) is 8.38. The lowest BCUT2D eigenvalue weighted by atomic mass is 9.88. The van der Waals surface area contributed by atoms with Gasteiger partial charge in [-0.15, -0.1) is 0 Å². The van der Waals surface area contributed by atoms with Gasteiger partial charge in [0.25, 0.3) is 11.5 Å². The average molecular weight is 583 g/mol. The van der Waals surface area contributed by atoms with Gasteiger partial charge >= 0.3 is 0 Å². The maximum absolute atomic E-state index is 13.6. The summed E-state index contributed by atoms with van der Waals surface area (Å²) in [6, 6.07) is 10.9. The summed E-state index contributed by atoms with van der Waals surface area (Å²) in [5, 5.41) is 5.13. The normalized spacial score (nSPS) is 16.7. The van der Waals surface area contributed by atoms with Crippen LogP contribution in [0.1, 0.15) is 49.4 Å². The molecule has 2 aromatic carbocycles. The van der Waals surface area contributed by atoms with Crippen LogP contribution in [0.3, 0.4) is 0 Å². The molecule has 0 radical (unpaired) electrons. The fourth-order valence-electron chi connectivity index (χ4n) is 5.01. The molecule has 10 heteroatoms. The number of halogens is 1. The van der Waals surface area contributed by atoms with E-state index in [0.717, 1.165) is 30.2 Å². The summed E-state index contributed by atoms with van der Waals surface area (Å²) in [5.41, 5.74) is 1.04. The molecule has 1 amide bonds. The summed E-state index contributed by atoms with van der Waals surface area (Å²) in [4.78, 5) is 32.9. The molecule has 0 bridgehead atoms. The van der Waals surface area contributed by atoms with Gasteiger partial charge in [0, 0.05) is 29.0 Å². The van der Waals surface area contributed by atoms with Crippen LogP contribution < -0.4 is 15.0 Å². The summed E-state index contributed by atoms with van der Waals surface area (Å²) in [7, 11) is 1.55. The first-order chi connectivity index (χ1) is 18.5. The number of nitrogens with zero attached hydrogens (tertiary/aromatic N) is 4. The fraction of sp³-hybridized carbons (Fsp3) is 0.429. The number of morpholine rings is 1. The molecule has 5 rings (SSSR count). The Morgan fingerprint density at radius 1 is 1.18 bits per heavy atom. The molecule has 1 saturated heterocycles. The number of ether oxygens (including phenoxy) is 3. The van der Waals surface area contributed by atoms with Crippen molar-refractivity contribution in [3.63, 3.8) is 0 Å². The molecule has 2 heterocycles. The van der Waals surface area contributed by atoms with Gasteiger partial charge in [0.1, 0.15) is 5.82 Å². The molecule has 1 aliphatic heterocycles. The van der Waals surface area contributed by atoms with Crippen LogP contribution in [0.2, 0.25) is 0 Å². The number of carbonyl (C=O) groups is 1. The topological polar surface area (TPSA) is 95.2 Å². The van der Waals surface area contributed by atoms with Crippen molar-refractivity contribution in [3.05, 3.63) is 62.6 Å². The Bertz CT molecular complexity index is 1390. The van der Waals surface area contributed by atoms with Gasteiger partial charge in [-0.25, -0.2) is 4.98 Å². The van der Waals surface area contributed by atoms with Crippen molar-refractivity contribution in [1.29, 1.82) is 0 Å². The van der Waals surface area contributed by atoms with E-state index < -0.39 is 0 Å². The Morgan fingerprint density at radius 3 is 2.74 bits per heavy atom. The molecule has 0 N–H and O–H groups in total. The van der Waals surface area contributed by atoms with Crippen molar-refractivity contribution in [3.8, 4) is 11.5 Å². The van der Waals surface area contributed by atoms with Crippen LogP contribution in [-0.4, -0.2) is 66.7 Å². The number of amides is 1. The van der Waals surface area contributed by atoms with E-state index in [1.165, 1.54) is 11.1 Å². The van der Waals surface area contributed by atoms with Gasteiger partial charge in [-0.3, -0.25) is 9.59 Å². The molecule has 0 unspecified atom stereocenters. The van der Waals surface area contributed by atoms with Crippen LogP contribution in [0.15, 0.2) is 50.8 Å². The smallest absolute Gasteiger partial charge is 0.282 e. The number of rotatable bonds is 7. The van der Waals surface area contributed by atoms with E-state index in [2.05, 4.69) is 21.0 Å². The second kappa shape index (κ2) is 12.1. The fourth-order valence-corrected chi connectivity index (χ4v) is 5.37. The highest BCUT2D eigenvalue weighted by Crippen LogP contribution is 2.33. The van der Waals surface area contributed by atoms with E-state index in [-0.39, 0.29) is 24.0 Å². The zero-order valence-corrected chi connectivity index (χ0v) is 23.0. The van der Waals surface area contributed by atoms with Crippen LogP contribution in [-0.2, 0) is 9.53 Å². The lowest BCUT2D eigenvalue weighted by Gasteiger charge is -2.27. The van der Waals surface area contributed by atoms with E-state index >= 15 is 0 Å². The Morgan fingerprint density at radius 2 is 1.97 bits per heavy atom. The molecular weight excluding hydrogens is 552 g/mol. The molecule has 1 aliphatic carbocycles. The second-order valence-corrected chi connectivity index (χ2v) is 10.4. The molecule has 2 fully saturated rings. The van der Waals surface area contributed by atoms with Gasteiger partial charge in [-0.1, -0.05) is 41.3 Å². The van der Waals surface area contributed by atoms with Gasteiger partial charge in [-0.2, -0.15) is 9.78 Å². The molecule has 200 valence electrons. The van der Waals surface area contributed by atoms with Crippen molar-refractivity contribution >= 4 is 39.0 Å². The predicted octanol–water partition coefficient (Wildman–Crippen LogP) is 4.34. The Hall–Kier alpha value is -3.24. The van der Waals surface area contributed by atoms with Crippen LogP contribution in [0.25, 0.3) is 10.9 Å². The van der Waals surface area contributed by atoms with Crippen LogP contribution in [0.4, 0.5) is 0 Å². The Balaban J connectivity index is 1.50. The monoisotopic (exact) mass is 582 g/mol. The minimum atomic E-state index is -0.221. The number of para-hydroxylation sites is 1. The Labute approximate surface area is 229 Å². The highest BCUT2D eigenvalue weighted by atomic mass is 79.9. The summed E-state index contributed by atoms with van der Waals surface area (Å²) in [6.07, 6.45) is 6.93. The largest absolute Gasteiger partial charge is 0.493 e. The number of fused-ring (bicyclic) bond motifs is 1. The van der Waals surface area contributed by atoms with Crippen molar-refractivity contribution < 1.29 is 19.0 Å². The number of aromatic nitrogens is 2.